The summed E-state index contributed by atoms with van der Waals surface area (Å²) < 4.78 is 0. The van der Waals surface area contributed by atoms with Gasteiger partial charge >= 0.3 is 90.3 Å². The van der Waals surface area contributed by atoms with E-state index >= 15 is 0 Å². The Kier molecular flexibility index (Phi) is 173. The predicted molar refractivity (Wildman–Crippen MR) is 34.2 cm³/mol. The Bertz CT molecular complexity index is 11.6. The van der Waals surface area contributed by atoms with E-state index in [9.17, 15) is 0 Å². The molecule has 0 heterocycles. The molecule has 0 nitrogen and oxygen atoms in total. The van der Waals surface area contributed by atoms with Crippen molar-refractivity contribution >= 4 is 108 Å². The van der Waals surface area contributed by atoms with Crippen LogP contribution in [0.4, 0.5) is 0 Å². The molecule has 0 spiro atoms. The maximum atomic E-state index is 0. The second-order valence-electron chi connectivity index (χ2n) is 0. The number of hydrogen-bond donors (Lipinski definition) is 0. The fourth-order valence-electron chi connectivity index (χ4n) is 0. The molecule has 0 N–H and O–H groups in total. The van der Waals surface area contributed by atoms with Gasteiger partial charge in [0.2, 0.25) is 0 Å². The van der Waals surface area contributed by atoms with Crippen LogP contribution in [0, 0.1) is 0 Å². The topological polar surface area (TPSA) is 0 Å². The predicted octanol–water partition coefficient (Wildman–Crippen LogP) is -3.67. The van der Waals surface area contributed by atoms with Crippen molar-refractivity contribution in [2.24, 2.45) is 0 Å². The van der Waals surface area contributed by atoms with Gasteiger partial charge in [0.25, 0.3) is 0 Å². The van der Waals surface area contributed by atoms with Crippen molar-refractivity contribution in [3.05, 3.63) is 0 Å². The van der Waals surface area contributed by atoms with Gasteiger partial charge in [0.1, 0.15) is 0 Å². The molecule has 0 saturated carbocycles. The zero-order valence-electron chi connectivity index (χ0n) is 0.354. The zero-order valence-corrected chi connectivity index (χ0v) is 1.46. The van der Waals surface area contributed by atoms with Crippen LogP contribution in [0.25, 0.3) is 0 Å². The third-order valence-electron chi connectivity index (χ3n) is 0. The van der Waals surface area contributed by atoms with Crippen LogP contribution in [0.1, 0.15) is 0 Å². The van der Waals surface area contributed by atoms with E-state index in [2.05, 4.69) is 0 Å². The molecule has 0 saturated heterocycles. The number of hydrogen-bond acceptors (Lipinski definition) is 0. The summed E-state index contributed by atoms with van der Waals surface area (Å²) in [7, 11) is 0. The van der Waals surface area contributed by atoms with Gasteiger partial charge < -0.3 is 0 Å². The summed E-state index contributed by atoms with van der Waals surface area (Å²) in [5.41, 5.74) is 0. The molecular weight excluding hydrogens is 170 g/mol. The van der Waals surface area contributed by atoms with E-state index in [4.69, 9.17) is 0 Å². The summed E-state index contributed by atoms with van der Waals surface area (Å²) in [6.07, 6.45) is 0. The first kappa shape index (κ1) is 35.6. The van der Waals surface area contributed by atoms with Crippen LogP contribution >= 0.6 is 0 Å². The van der Waals surface area contributed by atoms with Crippen molar-refractivity contribution in [3.8, 4) is 0 Å². The Morgan fingerprint density at radius 1 is 1.00 bits per heavy atom. The molecule has 0 aromatic rings. The summed E-state index contributed by atoms with van der Waals surface area (Å²) in [5, 5.41) is 0. The molecule has 0 radical (unpaired) electrons. The maximum absolute atomic E-state index is 0. The fourth-order valence-corrected chi connectivity index (χ4v) is 0. The Morgan fingerprint density at radius 2 is 1.00 bits per heavy atom. The van der Waals surface area contributed by atoms with Crippen LogP contribution in [-0.2, 0) is 17.1 Å². The molecule has 5 heavy (non-hydrogen) atoms. The van der Waals surface area contributed by atoms with Gasteiger partial charge in [-0.2, -0.15) is 0 Å². The van der Waals surface area contributed by atoms with Crippen molar-refractivity contribution in [2.75, 3.05) is 0 Å². The number of rotatable bonds is 0. The van der Waals surface area contributed by atoms with Crippen molar-refractivity contribution in [3.63, 3.8) is 0 Å². The molecule has 0 aliphatic rings. The van der Waals surface area contributed by atoms with Crippen LogP contribution in [0.5, 0.6) is 0 Å². The zero-order chi connectivity index (χ0) is 0. The molecule has 0 aliphatic carbocycles. The molecule has 0 aromatic carbocycles. The van der Waals surface area contributed by atoms with Crippen LogP contribution in [-0.4, -0.2) is 108 Å². The summed E-state index contributed by atoms with van der Waals surface area (Å²) in [4.78, 5) is 0. The summed E-state index contributed by atoms with van der Waals surface area (Å²) in [6.45, 7) is 0. The van der Waals surface area contributed by atoms with Gasteiger partial charge in [0.05, 0.1) is 0 Å². The molecule has 0 amide bonds. The average Bonchev–Trinajstić information content (AvgIpc) is 0. The summed E-state index contributed by atoms with van der Waals surface area (Å²) in [5.74, 6) is 0. The molecule has 0 aliphatic heterocycles. The van der Waals surface area contributed by atoms with Crippen LogP contribution in [0.2, 0.25) is 0 Å². The molecule has 0 rings (SSSR count). The standard InChI is InChI=1S/Al.Ca.Fe.Mg.Na.8H. The quantitative estimate of drug-likeness (QED) is 0.335. The van der Waals surface area contributed by atoms with Crippen LogP contribution < -0.4 is 0 Å². The van der Waals surface area contributed by atoms with Gasteiger partial charge in [-0.25, -0.2) is 0 Å². The first-order valence-corrected chi connectivity index (χ1v) is 0. The third-order valence-corrected chi connectivity index (χ3v) is 0. The molecular formula is H8AlCaFeMgNa. The van der Waals surface area contributed by atoms with E-state index in [1.54, 1.807) is 0 Å². The molecule has 0 atom stereocenters. The van der Waals surface area contributed by atoms with E-state index in [1.165, 1.54) is 0 Å². The Morgan fingerprint density at radius 3 is 1.00 bits per heavy atom. The molecule has 0 unspecified atom stereocenters. The first-order valence-electron chi connectivity index (χ1n) is 0. The fraction of sp³-hybridized carbons (Fsp3) is 0. The van der Waals surface area contributed by atoms with E-state index < -0.39 is 0 Å². The minimum atomic E-state index is 0. The third kappa shape index (κ3) is 17.9. The second kappa shape index (κ2) is 24.3. The van der Waals surface area contributed by atoms with E-state index in [0.717, 1.165) is 0 Å². The van der Waals surface area contributed by atoms with Gasteiger partial charge in [-0.3, -0.25) is 0 Å². The Labute approximate surface area is 122 Å². The van der Waals surface area contributed by atoms with E-state index in [0.29, 0.717) is 0 Å². The molecule has 0 aromatic heterocycles. The van der Waals surface area contributed by atoms with Crippen LogP contribution in [0.3, 0.4) is 0 Å². The Hall–Kier alpha value is 4.08. The summed E-state index contributed by atoms with van der Waals surface area (Å²) >= 11 is 0. The van der Waals surface area contributed by atoms with Crippen molar-refractivity contribution in [2.45, 2.75) is 0 Å². The van der Waals surface area contributed by atoms with Gasteiger partial charge in [0, 0.05) is 17.1 Å². The Balaban J connectivity index is 0. The van der Waals surface area contributed by atoms with E-state index in [1.807, 2.05) is 0 Å². The van der Waals surface area contributed by atoms with E-state index in [-0.39, 0.29) is 125 Å². The SMILES string of the molecule is [AlH3].[CaH2].[Fe].[MgH2].[NaH]. The normalized spacial score (nSPS) is 0. The molecule has 5 heteroatoms. The molecule has 0 bridgehead atoms. The van der Waals surface area contributed by atoms with Gasteiger partial charge in [-0.1, -0.05) is 0 Å². The minimum absolute atomic E-state index is 0. The van der Waals surface area contributed by atoms with Crippen molar-refractivity contribution in [1.29, 1.82) is 0 Å². The monoisotopic (exact) mass is 178 g/mol. The van der Waals surface area contributed by atoms with Crippen molar-refractivity contribution in [1.82, 2.24) is 0 Å². The van der Waals surface area contributed by atoms with Crippen molar-refractivity contribution < 1.29 is 17.1 Å². The molecule has 0 fully saturated rings. The summed E-state index contributed by atoms with van der Waals surface area (Å²) in [6, 6.07) is 0. The second-order valence-corrected chi connectivity index (χ2v) is 0. The molecule has 24 valence electrons. The van der Waals surface area contributed by atoms with Gasteiger partial charge in [0.15, 0.2) is 17.4 Å². The first-order chi connectivity index (χ1) is 0. The van der Waals surface area contributed by atoms with Gasteiger partial charge in [-0.05, 0) is 0 Å². The van der Waals surface area contributed by atoms with Gasteiger partial charge in [-0.15, -0.1) is 0 Å². The van der Waals surface area contributed by atoms with Crippen LogP contribution in [0.15, 0.2) is 0 Å². The average molecular weight is 178 g/mol.